The lowest BCUT2D eigenvalue weighted by Crippen LogP contribution is -2.59. The largest absolute Gasteiger partial charge is 0.549 e. The minimum absolute atomic E-state index is 1.09. The molecule has 0 aromatic heterocycles. The van der Waals surface area contributed by atoms with Crippen molar-refractivity contribution in [2.75, 3.05) is 0 Å². The first-order chi connectivity index (χ1) is 37.4. The van der Waals surface area contributed by atoms with Gasteiger partial charge in [0.2, 0.25) is 9.28 Å². The van der Waals surface area contributed by atoms with Gasteiger partial charge in [0.15, 0.2) is 16.6 Å². The van der Waals surface area contributed by atoms with Crippen LogP contribution in [0.2, 0.25) is 45.8 Å². The van der Waals surface area contributed by atoms with E-state index < -0.39 is 296 Å². The molecule has 0 fully saturated rings. The molecule has 0 saturated heterocycles. The molecule has 0 aliphatic carbocycles. The maximum absolute atomic E-state index is 13.1. The topological polar surface area (TPSA) is 599 Å². The molecule has 0 saturated carbocycles. The molecule has 0 aromatic rings. The molecule has 73 heteroatoms. The Labute approximate surface area is 510 Å². The molecule has 0 aliphatic rings. The van der Waals surface area contributed by atoms with Gasteiger partial charge in [-0.1, -0.05) is 6.55 Å². The van der Waals surface area contributed by atoms with Crippen LogP contribution in [-0.4, -0.2) is 296 Å². The minimum Gasteiger partial charge on any atom is -0.457 e. The van der Waals surface area contributed by atoms with E-state index >= 15 is 0 Å². The Morgan fingerprint density at radius 3 is 0.578 bits per heavy atom. The van der Waals surface area contributed by atoms with E-state index in [0.29, 0.717) is 0 Å². The molecule has 0 spiro atoms. The number of hydrogen-bond donors (Lipinski definition) is 0. The van der Waals surface area contributed by atoms with Crippen molar-refractivity contribution in [3.05, 3.63) is 0 Å². The normalized spacial score (nSPS) is 11.1. The van der Waals surface area contributed by atoms with Crippen LogP contribution in [0.25, 0.3) is 0 Å². The molecule has 0 amide bonds. The Balaban J connectivity index is 0. The lowest BCUT2D eigenvalue weighted by molar-refractivity contribution is 0.184. The highest BCUT2D eigenvalue weighted by atomic mass is 30.1. The summed E-state index contributed by atoms with van der Waals surface area (Å²) in [6.45, 7) is 14.9. The molecule has 1 atom stereocenters. The second-order valence-corrected chi connectivity index (χ2v) is 193. The van der Waals surface area contributed by atoms with Crippen LogP contribution in [0.3, 0.4) is 0 Å². The van der Waals surface area contributed by atoms with Crippen LogP contribution in [-0.2, 0) is 160 Å². The van der Waals surface area contributed by atoms with E-state index in [2.05, 4.69) is 0 Å². The Morgan fingerprint density at radius 1 is 0.289 bits per heavy atom. The third kappa shape index (κ3) is 25.3. The zero-order valence-corrected chi connectivity index (χ0v) is 80.6. The highest BCUT2D eigenvalue weighted by molar-refractivity contribution is 7.85. The van der Waals surface area contributed by atoms with E-state index in [1.165, 1.54) is 6.55 Å². The molecule has 83 heavy (non-hydrogen) atoms. The van der Waals surface area contributed by atoms with Gasteiger partial charge in [-0.15, -0.1) is 0 Å². The summed E-state index contributed by atoms with van der Waals surface area (Å²) in [5.74, 6) is 0. The van der Waals surface area contributed by atoms with Crippen LogP contribution in [0.5, 0.6) is 0 Å². The predicted octanol–water partition coefficient (Wildman–Crippen LogP) is -14.2. The fourth-order valence-electron chi connectivity index (χ4n) is 4.86. The summed E-state index contributed by atoms with van der Waals surface area (Å²) in [4.78, 5) is 0. The van der Waals surface area contributed by atoms with Gasteiger partial charge < -0.3 is 151 Å². The van der Waals surface area contributed by atoms with Crippen LogP contribution in [0.1, 0.15) is 13.8 Å². The van der Waals surface area contributed by atoms with Crippen LogP contribution in [0, 0.1) is 0 Å². The van der Waals surface area contributed by atoms with E-state index in [4.69, 9.17) is 17.5 Å². The van der Waals surface area contributed by atoms with Crippen LogP contribution >= 0.6 is 0 Å². The third-order valence-electron chi connectivity index (χ3n) is 9.10. The predicted molar refractivity (Wildman–Crippen MR) is 298 cm³/mol. The maximum Gasteiger partial charge on any atom is 0.549 e. The lowest BCUT2D eigenvalue weighted by atomic mass is 10.5. The molecule has 0 aromatic carbocycles. The molecule has 1 unspecified atom stereocenters. The van der Waals surface area contributed by atoms with Gasteiger partial charge in [0.1, 0.15) is 8.31 Å². The summed E-state index contributed by atoms with van der Waals surface area (Å²) in [6.07, 6.45) is 0. The quantitative estimate of drug-likeness (QED) is 0.0518. The number of rotatable bonds is 38. The Hall–Kier alpha value is 1.14. The first-order valence-corrected chi connectivity index (χ1v) is 111. The van der Waals surface area contributed by atoms with Crippen molar-refractivity contribution in [1.29, 1.82) is 0 Å². The zero-order valence-electron chi connectivity index (χ0n) is 43.0. The van der Waals surface area contributed by atoms with Gasteiger partial charge in [-0.2, -0.15) is 0 Å². The average molecular weight is 1770 g/mol. The Morgan fingerprint density at radius 2 is 0.434 bits per heavy atom. The van der Waals surface area contributed by atoms with Gasteiger partial charge in [0.05, 0.1) is 0 Å². The smallest absolute Gasteiger partial charge is 0.457 e. The Kier molecular flexibility index (Phi) is 39.1. The van der Waals surface area contributed by atoms with Crippen LogP contribution in [0.4, 0.5) is 0 Å². The second-order valence-electron chi connectivity index (χ2n) is 17.7. The summed E-state index contributed by atoms with van der Waals surface area (Å²) in [5, 5.41) is -1.09. The van der Waals surface area contributed by atoms with Crippen molar-refractivity contribution < 1.29 is 160 Å². The van der Waals surface area contributed by atoms with Crippen LogP contribution in [0.15, 0.2) is 0 Å². The van der Waals surface area contributed by atoms with Crippen molar-refractivity contribution in [1.82, 2.24) is 0 Å². The molecule has 434 valence electrons. The average Bonchev–Trinajstić information content (AvgIpc) is 3.42. The van der Waals surface area contributed by atoms with E-state index in [1.54, 1.807) is 53.1 Å². The first kappa shape index (κ1) is 86.2. The molecule has 0 aliphatic heterocycles. The van der Waals surface area contributed by atoms with Crippen molar-refractivity contribution in [3.8, 4) is 0 Å². The van der Waals surface area contributed by atoms with E-state index in [-0.39, 0.29) is 0 Å². The van der Waals surface area contributed by atoms with Gasteiger partial charge in [-0.25, -0.2) is 0 Å². The monoisotopic (exact) mass is 1760 g/mol. The summed E-state index contributed by atoms with van der Waals surface area (Å²) >= 11 is 0. The standard InChI is InChI=1S/C10H30O34Si36.O2Si/c1-10(2,43-79(4,5)6)46(3)48(12)50(14)52(16)54(18)56(20)58(22)60(24)62(26)64(28)66(30)68(32)70(34)72(36)74(38)76(40)78(42)77(41)75(39)73(37)71(35)69(33)67(31)65(29)63(27)61(25)59(23)57(21)55(19)53(17)51(15)49(13)47(11)45-44-80(7,8)9;1-3-2/h46H,45H2,1-9H3;. The van der Waals surface area contributed by atoms with E-state index in [1.807, 2.05) is 0 Å². The fraction of sp³-hybridized carbons (Fsp3) is 1.00. The minimum atomic E-state index is -4.75. The van der Waals surface area contributed by atoms with Gasteiger partial charge in [0.25, 0.3) is 0 Å². The van der Waals surface area contributed by atoms with Crippen LogP contribution < -0.4 is 0 Å². The highest BCUT2D eigenvalue weighted by Gasteiger charge is 2.59. The molecule has 0 rings (SSSR count). The fourth-order valence-corrected chi connectivity index (χ4v) is 409. The first-order valence-electron chi connectivity index (χ1n) is 21.1. The summed E-state index contributed by atoms with van der Waals surface area (Å²) < 4.78 is 437. The summed E-state index contributed by atoms with van der Waals surface area (Å²) in [5.41, 5.74) is 0. The summed E-state index contributed by atoms with van der Waals surface area (Å²) in [7, 11) is -153. The van der Waals surface area contributed by atoms with Gasteiger partial charge in [-0.3, -0.25) is 8.92 Å². The van der Waals surface area contributed by atoms with Gasteiger partial charge in [0, 0.05) is 5.22 Å². The lowest BCUT2D eigenvalue weighted by Gasteiger charge is -2.35. The maximum atomic E-state index is 13.1. The highest BCUT2D eigenvalue weighted by Crippen LogP contribution is 2.20. The SMILES string of the molecule is C[SiH]([Si](=O)[Si](=O)[Si](=O)[Si](=O)[Si](=O)[Si](=O)[Si](=O)[Si](=O)[Si](=O)[Si](=O)[Si](=O)[Si](=O)[Si](=O)[Si](=O)[Si](=O)[Si](=O)[Si](=O)[Si](=O)[Si](=O)[Si](=O)[Si](=O)[Si](=O)[Si](=O)[Si](=O)[Si](=O)[Si](=O)[Si](=O)[Si](=O)[Si](=O)[Si](=O)[Si](=O)[Si](=O)[SiH2]O[Si](C)(C)C)C(C)(C)O[Si](C)(C)C.O=[Si]=O. The van der Waals surface area contributed by atoms with Gasteiger partial charge >= 0.3 is 256 Å². The van der Waals surface area contributed by atoms with Gasteiger partial charge in [-0.05, 0) is 53.1 Å². The molecular weight excluding hydrogens is 1740 g/mol. The summed E-state index contributed by atoms with van der Waals surface area (Å²) in [6, 6.07) is 0. The van der Waals surface area contributed by atoms with Crippen molar-refractivity contribution in [2.45, 2.75) is 64.9 Å². The van der Waals surface area contributed by atoms with Crippen molar-refractivity contribution >= 4 is 291 Å². The molecule has 0 heterocycles. The number of hydrogen-bond acceptors (Lipinski definition) is 36. The molecule has 0 bridgehead atoms. The van der Waals surface area contributed by atoms with Crippen molar-refractivity contribution in [2.24, 2.45) is 0 Å². The molecule has 36 nitrogen and oxygen atoms in total. The van der Waals surface area contributed by atoms with Crippen molar-refractivity contribution in [3.63, 3.8) is 0 Å². The van der Waals surface area contributed by atoms with E-state index in [0.717, 1.165) is 0 Å². The Bertz CT molecular complexity index is 3420. The van der Waals surface area contributed by atoms with E-state index in [9.17, 15) is 143 Å². The third-order valence-corrected chi connectivity index (χ3v) is 281. The molecular formula is C10H30O36Si37. The molecule has 0 radical (unpaired) electrons. The molecule has 0 N–H and O–H groups in total. The second kappa shape index (κ2) is 37.6. The zero-order chi connectivity index (χ0) is 66.4.